The molecule has 0 aromatic heterocycles. The smallest absolute Gasteiger partial charge is 0.108 e. The summed E-state index contributed by atoms with van der Waals surface area (Å²) in [6.45, 7) is 11.4. The largest absolute Gasteiger partial charge is 0.858 e. The van der Waals surface area contributed by atoms with Crippen molar-refractivity contribution in [2.24, 2.45) is 4.99 Å². The van der Waals surface area contributed by atoms with Gasteiger partial charge < -0.3 is 9.59 Å². The van der Waals surface area contributed by atoms with Crippen molar-refractivity contribution in [3.63, 3.8) is 0 Å². The average molecular weight is 361 g/mol. The first kappa shape index (κ1) is 21.2. The Bertz CT molecular complexity index is 674. The Morgan fingerprint density at radius 1 is 0.920 bits per heavy atom. The van der Waals surface area contributed by atoms with E-state index in [-0.39, 0.29) is 18.3 Å². The van der Waals surface area contributed by atoms with Crippen molar-refractivity contribution < 1.29 is 9.59 Å². The van der Waals surface area contributed by atoms with E-state index in [4.69, 9.17) is 0 Å². The molecule has 0 saturated carbocycles. The van der Waals surface area contributed by atoms with Crippen LogP contribution in [-0.4, -0.2) is 30.0 Å². The maximum Gasteiger partial charge on any atom is 0.108 e. The molecule has 0 saturated heterocycles. The Kier molecular flexibility index (Phi) is 8.14. The quantitative estimate of drug-likeness (QED) is 0.414. The van der Waals surface area contributed by atoms with Crippen LogP contribution in [0.1, 0.15) is 30.5 Å². The van der Waals surface area contributed by atoms with Crippen LogP contribution in [0, 0.1) is 13.8 Å². The van der Waals surface area contributed by atoms with Gasteiger partial charge in [0.2, 0.25) is 0 Å². The van der Waals surface area contributed by atoms with Crippen LogP contribution in [0.4, 0.5) is 5.69 Å². The molecule has 0 aliphatic carbocycles. The van der Waals surface area contributed by atoms with Crippen LogP contribution in [0.5, 0.6) is 0 Å². The summed E-state index contributed by atoms with van der Waals surface area (Å²) in [5.41, 5.74) is 4.20. The molecule has 0 fully saturated rings. The topological polar surface area (TPSA) is 35.4 Å². The Hall–Kier alpha value is -1.84. The third kappa shape index (κ3) is 5.58. The fraction of sp³-hybridized carbons (Fsp3) is 0.381. The summed E-state index contributed by atoms with van der Waals surface area (Å²) >= 11 is 0. The molecule has 4 heteroatoms. The third-order valence-electron chi connectivity index (χ3n) is 4.85. The van der Waals surface area contributed by atoms with Crippen molar-refractivity contribution >= 4 is 24.0 Å². The molecular weight excluding hydrogens is 332 g/mol. The molecule has 0 N–H and O–H groups in total. The maximum atomic E-state index is 12.7. The van der Waals surface area contributed by atoms with E-state index in [1.165, 1.54) is 5.56 Å². The number of benzene rings is 2. The number of quaternary nitrogens is 1. The van der Waals surface area contributed by atoms with Gasteiger partial charge in [0.1, 0.15) is 13.1 Å². The van der Waals surface area contributed by atoms with Crippen LogP contribution < -0.4 is 5.11 Å². The Morgan fingerprint density at radius 2 is 1.48 bits per heavy atom. The van der Waals surface area contributed by atoms with Gasteiger partial charge in [0.05, 0.1) is 18.8 Å². The first-order valence-corrected chi connectivity index (χ1v) is 8.69. The number of halogens is 1. The molecule has 2 rings (SSSR count). The molecular formula is C21H29ClN2O. The first-order chi connectivity index (χ1) is 11.5. The lowest BCUT2D eigenvalue weighted by atomic mass is 10.1. The Morgan fingerprint density at radius 3 is 2.00 bits per heavy atom. The first-order valence-electron chi connectivity index (χ1n) is 8.69. The number of hydrogen-bond acceptors (Lipinski definition) is 2. The van der Waals surface area contributed by atoms with Crippen molar-refractivity contribution in [2.75, 3.05) is 19.6 Å². The van der Waals surface area contributed by atoms with E-state index in [0.717, 1.165) is 40.9 Å². The van der Waals surface area contributed by atoms with E-state index in [9.17, 15) is 5.11 Å². The second kappa shape index (κ2) is 9.59. The van der Waals surface area contributed by atoms with Gasteiger partial charge in [0, 0.05) is 11.5 Å². The number of hydrogen-bond donors (Lipinski definition) is 0. The fourth-order valence-corrected chi connectivity index (χ4v) is 3.13. The van der Waals surface area contributed by atoms with E-state index >= 15 is 0 Å². The fourth-order valence-electron chi connectivity index (χ4n) is 3.13. The summed E-state index contributed by atoms with van der Waals surface area (Å²) in [6.07, 6.45) is 0. The summed E-state index contributed by atoms with van der Waals surface area (Å²) in [4.78, 5) is 4.43. The molecule has 0 radical (unpaired) electrons. The minimum atomic E-state index is -0.0352. The highest BCUT2D eigenvalue weighted by Gasteiger charge is 2.23. The summed E-state index contributed by atoms with van der Waals surface area (Å²) in [6, 6.07) is 16.4. The van der Waals surface area contributed by atoms with Gasteiger partial charge in [-0.05, 0) is 38.8 Å². The highest BCUT2D eigenvalue weighted by atomic mass is 35.5. The molecule has 25 heavy (non-hydrogen) atoms. The number of aliphatic imine (C=N–C) groups is 1. The van der Waals surface area contributed by atoms with Gasteiger partial charge in [-0.2, -0.15) is 0 Å². The van der Waals surface area contributed by atoms with Gasteiger partial charge in [0.15, 0.2) is 0 Å². The molecule has 0 atom stereocenters. The van der Waals surface area contributed by atoms with Gasteiger partial charge in [0.25, 0.3) is 0 Å². The highest BCUT2D eigenvalue weighted by molar-refractivity contribution is 5.85. The summed E-state index contributed by atoms with van der Waals surface area (Å²) in [5, 5.41) is 12.7. The van der Waals surface area contributed by atoms with Gasteiger partial charge in [-0.1, -0.05) is 48.5 Å². The van der Waals surface area contributed by atoms with Crippen molar-refractivity contribution in [1.82, 2.24) is 0 Å². The number of para-hydroxylation sites is 1. The lowest BCUT2D eigenvalue weighted by molar-refractivity contribution is -0.931. The second-order valence-corrected chi connectivity index (χ2v) is 6.52. The molecule has 0 bridgehead atoms. The average Bonchev–Trinajstić information content (AvgIpc) is 2.58. The molecule has 3 nitrogen and oxygen atoms in total. The van der Waals surface area contributed by atoms with E-state index in [2.05, 4.69) is 43.1 Å². The van der Waals surface area contributed by atoms with Crippen LogP contribution in [0.3, 0.4) is 0 Å². The normalized spacial score (nSPS) is 11.9. The lowest BCUT2D eigenvalue weighted by Crippen LogP contribution is -2.52. The molecule has 0 unspecified atom stereocenters. The highest BCUT2D eigenvalue weighted by Crippen LogP contribution is 2.23. The Balaban J connectivity index is 0.00000312. The van der Waals surface area contributed by atoms with E-state index in [1.54, 1.807) is 0 Å². The van der Waals surface area contributed by atoms with Gasteiger partial charge in [-0.15, -0.1) is 12.4 Å². The zero-order valence-corrected chi connectivity index (χ0v) is 16.5. The molecule has 136 valence electrons. The number of rotatable bonds is 7. The SMILES string of the molecule is CC[N+](CC)(CC([O-])=Nc1c(C)cccc1C)Cc1ccccc1.Cl. The van der Waals surface area contributed by atoms with Crippen LogP contribution in [0.2, 0.25) is 0 Å². The number of aryl methyl sites for hydroxylation is 2. The van der Waals surface area contributed by atoms with Gasteiger partial charge in [-0.25, -0.2) is 0 Å². The molecule has 0 amide bonds. The predicted octanol–water partition coefficient (Wildman–Crippen LogP) is 4.17. The van der Waals surface area contributed by atoms with E-state index in [1.807, 2.05) is 38.1 Å². The maximum absolute atomic E-state index is 12.7. The zero-order chi connectivity index (χ0) is 17.6. The van der Waals surface area contributed by atoms with Crippen LogP contribution >= 0.6 is 12.4 Å². The Labute approximate surface area is 158 Å². The van der Waals surface area contributed by atoms with Crippen molar-refractivity contribution in [1.29, 1.82) is 0 Å². The van der Waals surface area contributed by atoms with Crippen molar-refractivity contribution in [3.8, 4) is 0 Å². The summed E-state index contributed by atoms with van der Waals surface area (Å²) < 4.78 is 0.733. The molecule has 0 aliphatic rings. The number of likely N-dealkylation sites (N-methyl/N-ethyl adjacent to an activating group) is 1. The van der Waals surface area contributed by atoms with Crippen molar-refractivity contribution in [2.45, 2.75) is 34.2 Å². The van der Waals surface area contributed by atoms with E-state index in [0.29, 0.717) is 6.54 Å². The second-order valence-electron chi connectivity index (χ2n) is 6.52. The standard InChI is InChI=1S/C21H28N2O.ClH/c1-5-23(6-2,15-19-13-8-7-9-14-19)16-20(24)22-21-17(3)11-10-12-18(21)4;/h7-14H,5-6,15-16H2,1-4H3;1H. The minimum absolute atomic E-state index is 0. The minimum Gasteiger partial charge on any atom is -0.858 e. The molecule has 0 spiro atoms. The molecule has 2 aromatic rings. The summed E-state index contributed by atoms with van der Waals surface area (Å²) in [5.74, 6) is -0.0352. The van der Waals surface area contributed by atoms with Gasteiger partial charge in [-0.3, -0.25) is 4.99 Å². The van der Waals surface area contributed by atoms with Gasteiger partial charge >= 0.3 is 0 Å². The third-order valence-corrected chi connectivity index (χ3v) is 4.85. The molecule has 0 heterocycles. The lowest BCUT2D eigenvalue weighted by Gasteiger charge is -2.38. The monoisotopic (exact) mass is 360 g/mol. The number of nitrogens with zero attached hydrogens (tertiary/aromatic N) is 2. The molecule has 2 aromatic carbocycles. The predicted molar refractivity (Wildman–Crippen MR) is 107 cm³/mol. The van der Waals surface area contributed by atoms with Crippen LogP contribution in [0.25, 0.3) is 0 Å². The van der Waals surface area contributed by atoms with Crippen LogP contribution in [0.15, 0.2) is 53.5 Å². The summed E-state index contributed by atoms with van der Waals surface area (Å²) in [7, 11) is 0. The molecule has 0 aliphatic heterocycles. The zero-order valence-electron chi connectivity index (χ0n) is 15.7. The van der Waals surface area contributed by atoms with Crippen LogP contribution in [-0.2, 0) is 6.54 Å². The van der Waals surface area contributed by atoms with E-state index < -0.39 is 0 Å². The van der Waals surface area contributed by atoms with Crippen molar-refractivity contribution in [3.05, 3.63) is 65.2 Å².